The third-order valence-corrected chi connectivity index (χ3v) is 14.1. The number of non-ortho nitro benzene ring substituents is 2. The number of aromatic nitrogens is 4. The van der Waals surface area contributed by atoms with Crippen molar-refractivity contribution in [2.45, 2.75) is 62.1 Å². The fraction of sp³-hybridized carbons (Fsp3) is 0.283. The van der Waals surface area contributed by atoms with Gasteiger partial charge >= 0.3 is 7.82 Å². The number of nitro groups is 2. The first kappa shape index (κ1) is 44.3. The highest BCUT2D eigenvalue weighted by Gasteiger charge is 2.45. The van der Waals surface area contributed by atoms with Gasteiger partial charge in [-0.05, 0) is 73.5 Å². The molecule has 0 amide bonds. The van der Waals surface area contributed by atoms with Crippen LogP contribution in [0, 0.1) is 20.2 Å². The van der Waals surface area contributed by atoms with Gasteiger partial charge in [0.05, 0.1) is 42.0 Å². The summed E-state index contributed by atoms with van der Waals surface area (Å²) in [5, 5.41) is 76.0. The number of fused-ring (bicyclic) bond motifs is 3. The molecule has 1 aliphatic heterocycles. The number of aliphatic hydroxyl groups excluding tert-OH is 4. The molecule has 21 heteroatoms. The summed E-state index contributed by atoms with van der Waals surface area (Å²) in [6.07, 6.45) is -4.17. The summed E-state index contributed by atoms with van der Waals surface area (Å²) in [6.45, 7) is -0.890. The van der Waals surface area contributed by atoms with Gasteiger partial charge < -0.3 is 30.5 Å². The molecule has 1 fully saturated rings. The number of phosphoric acid groups is 1. The maximum Gasteiger partial charge on any atom is 0.475 e. The number of hydrogen-bond acceptors (Lipinski definition) is 17. The molecule has 1 aliphatic carbocycles. The number of hydrogen-bond donors (Lipinski definition) is 5. The van der Waals surface area contributed by atoms with Crippen molar-refractivity contribution in [1.29, 1.82) is 0 Å². The molecule has 0 radical (unpaired) electrons. The average Bonchev–Trinajstić information content (AvgIpc) is 3.96. The van der Waals surface area contributed by atoms with Crippen molar-refractivity contribution in [2.75, 3.05) is 25.1 Å². The number of rotatable bonds is 16. The van der Waals surface area contributed by atoms with Gasteiger partial charge in [0.2, 0.25) is 0 Å². The molecule has 344 valence electrons. The number of nitrogens with zero attached hydrogens (tertiary/aromatic N) is 6. The molecule has 5 N–H and O–H groups in total. The third kappa shape index (κ3) is 8.32. The van der Waals surface area contributed by atoms with Crippen molar-refractivity contribution in [3.63, 3.8) is 0 Å². The Morgan fingerprint density at radius 3 is 2.04 bits per heavy atom. The van der Waals surface area contributed by atoms with Crippen LogP contribution in [0.15, 0.2) is 110 Å². The largest absolute Gasteiger partial charge is 0.475 e. The molecule has 2 aliphatic rings. The van der Waals surface area contributed by atoms with Crippen LogP contribution in [0.25, 0.3) is 43.5 Å². The molecule has 0 bridgehead atoms. The summed E-state index contributed by atoms with van der Waals surface area (Å²) in [6, 6.07) is 26.5. The first-order valence-corrected chi connectivity index (χ1v) is 22.8. The van der Waals surface area contributed by atoms with Crippen molar-refractivity contribution in [3.8, 4) is 0 Å². The predicted molar refractivity (Wildman–Crippen MR) is 242 cm³/mol. The van der Waals surface area contributed by atoms with Crippen LogP contribution in [0.1, 0.15) is 47.0 Å². The van der Waals surface area contributed by atoms with Gasteiger partial charge in [-0.2, -0.15) is 0 Å². The lowest BCUT2D eigenvalue weighted by atomic mass is 9.77. The summed E-state index contributed by atoms with van der Waals surface area (Å²) in [4.78, 5) is 34.8. The van der Waals surface area contributed by atoms with Gasteiger partial charge in [0.1, 0.15) is 43.1 Å². The number of phosphoric ester groups is 1. The van der Waals surface area contributed by atoms with Crippen molar-refractivity contribution < 1.29 is 53.1 Å². The molecule has 8 aromatic rings. The standard InChI is InChI=1S/C46H42N7O13P/c54-22-35-34(66-67(62,63-18-16-25-4-11-30(12-5-25)52(58)59)64-19-17-26-6-13-31(14-7-26)53(60)61)21-36(65-35)51-24-49-41-45(47-23-48-46(41)51)50-40-39-32-15-10-28-3-1-2-27-8-9-29(38(32)37(27)28)20-33(39)42(55)44(57)43(40)56/h1-15,20,23-24,34-36,40,42-44,54-57H,16-19,21-22H2,(H,47,48,50)/t34-,35+,36+,40+,42-,43-,44+/m0/s1. The minimum Gasteiger partial charge on any atom is -0.394 e. The van der Waals surface area contributed by atoms with Crippen molar-refractivity contribution in [3.05, 3.63) is 152 Å². The summed E-state index contributed by atoms with van der Waals surface area (Å²) in [7, 11) is -4.43. The molecule has 1 saturated heterocycles. The lowest BCUT2D eigenvalue weighted by molar-refractivity contribution is -0.385. The maximum absolute atomic E-state index is 14.4. The van der Waals surface area contributed by atoms with E-state index >= 15 is 0 Å². The minimum atomic E-state index is -4.43. The van der Waals surface area contributed by atoms with E-state index in [1.165, 1.54) is 36.9 Å². The molecule has 20 nitrogen and oxygen atoms in total. The van der Waals surface area contributed by atoms with Gasteiger partial charge in [-0.15, -0.1) is 0 Å². The van der Waals surface area contributed by atoms with E-state index in [1.54, 1.807) is 28.8 Å². The number of nitrogens with one attached hydrogen (secondary N) is 1. The normalized spacial score (nSPS) is 21.9. The Balaban J connectivity index is 0.905. The van der Waals surface area contributed by atoms with Crippen LogP contribution < -0.4 is 5.32 Å². The highest BCUT2D eigenvalue weighted by molar-refractivity contribution is 7.48. The second-order valence-corrected chi connectivity index (χ2v) is 18.1. The van der Waals surface area contributed by atoms with Crippen molar-refractivity contribution in [2.24, 2.45) is 0 Å². The Labute approximate surface area is 379 Å². The van der Waals surface area contributed by atoms with Crippen LogP contribution in [0.3, 0.4) is 0 Å². The predicted octanol–water partition coefficient (Wildman–Crippen LogP) is 6.75. The van der Waals surface area contributed by atoms with Gasteiger partial charge in [-0.1, -0.05) is 66.7 Å². The van der Waals surface area contributed by atoms with Crippen LogP contribution in [0.4, 0.5) is 17.2 Å². The number of nitro benzene ring substituents is 2. The second-order valence-electron chi connectivity index (χ2n) is 16.5. The SMILES string of the molecule is O=[N+]([O-])c1ccc(CCOP(=O)(OCCc2ccc([N+](=O)[O-])cc2)O[C@H]2C[C@H](n3cnc4c(N[C@@H]5c6c(cc7ccc8cccc9ccc6c7c89)[C@H](O)[C@@H](O)[C@H]5O)ncnc43)O[C@@H]2CO)cc1. The number of imidazole rings is 1. The Bertz CT molecular complexity index is 3110. The third-order valence-electron chi connectivity index (χ3n) is 12.5. The van der Waals surface area contributed by atoms with Crippen molar-refractivity contribution in [1.82, 2.24) is 19.5 Å². The number of anilines is 1. The van der Waals surface area contributed by atoms with E-state index in [4.69, 9.17) is 18.3 Å². The molecule has 67 heavy (non-hydrogen) atoms. The van der Waals surface area contributed by atoms with E-state index in [1.807, 2.05) is 48.5 Å². The Morgan fingerprint density at radius 2 is 1.42 bits per heavy atom. The van der Waals surface area contributed by atoms with Gasteiger partial charge in [0.25, 0.3) is 11.4 Å². The molecule has 0 spiro atoms. The summed E-state index contributed by atoms with van der Waals surface area (Å²) in [5.41, 5.74) is 2.76. The lowest BCUT2D eigenvalue weighted by Crippen LogP contribution is -2.44. The minimum absolute atomic E-state index is 0.0162. The zero-order valence-corrected chi connectivity index (χ0v) is 36.2. The fourth-order valence-corrected chi connectivity index (χ4v) is 10.6. The van der Waals surface area contributed by atoms with Gasteiger partial charge in [0.15, 0.2) is 17.0 Å². The van der Waals surface area contributed by atoms with E-state index < -0.39 is 67.1 Å². The number of benzene rings is 6. The van der Waals surface area contributed by atoms with Crippen LogP contribution >= 0.6 is 7.82 Å². The second kappa shape index (κ2) is 17.9. The topological polar surface area (TPSA) is 277 Å². The van der Waals surface area contributed by atoms with Crippen molar-refractivity contribution >= 4 is 68.5 Å². The zero-order chi connectivity index (χ0) is 46.6. The van der Waals surface area contributed by atoms with Gasteiger partial charge in [0, 0.05) is 30.7 Å². The molecule has 6 aromatic carbocycles. The monoisotopic (exact) mass is 931 g/mol. The first-order valence-electron chi connectivity index (χ1n) is 21.4. The highest BCUT2D eigenvalue weighted by Crippen LogP contribution is 2.54. The summed E-state index contributed by atoms with van der Waals surface area (Å²) < 4.78 is 39.9. The highest BCUT2D eigenvalue weighted by atomic mass is 31.2. The van der Waals surface area contributed by atoms with E-state index in [0.717, 1.165) is 32.3 Å². The molecular formula is C46H42N7O13P. The number of ether oxygens (including phenoxy) is 1. The molecular weight excluding hydrogens is 890 g/mol. The first-order chi connectivity index (χ1) is 32.4. The Kier molecular flexibility index (Phi) is 11.8. The number of aliphatic hydroxyl groups is 4. The van der Waals surface area contributed by atoms with Crippen LogP contribution in [-0.2, 0) is 35.7 Å². The molecule has 10 rings (SSSR count). The molecule has 0 unspecified atom stereocenters. The van der Waals surface area contributed by atoms with Gasteiger partial charge in [-0.3, -0.25) is 38.4 Å². The van der Waals surface area contributed by atoms with E-state index in [0.29, 0.717) is 27.9 Å². The van der Waals surface area contributed by atoms with Crippen LogP contribution in [-0.4, -0.2) is 94.0 Å². The van der Waals surface area contributed by atoms with Gasteiger partial charge in [-0.25, -0.2) is 19.5 Å². The quantitative estimate of drug-likeness (QED) is 0.0290. The zero-order valence-electron chi connectivity index (χ0n) is 35.3. The average molecular weight is 932 g/mol. The van der Waals surface area contributed by atoms with E-state index in [9.17, 15) is 45.2 Å². The smallest absolute Gasteiger partial charge is 0.394 e. The maximum atomic E-state index is 14.4. The van der Waals surface area contributed by atoms with E-state index in [2.05, 4.69) is 20.3 Å². The Morgan fingerprint density at radius 1 is 0.791 bits per heavy atom. The summed E-state index contributed by atoms with van der Waals surface area (Å²) >= 11 is 0. The fourth-order valence-electron chi connectivity index (χ4n) is 9.19. The molecule has 7 atom stereocenters. The van der Waals surface area contributed by atoms with Crippen LogP contribution in [0.5, 0.6) is 0 Å². The van der Waals surface area contributed by atoms with E-state index in [-0.39, 0.29) is 55.2 Å². The summed E-state index contributed by atoms with van der Waals surface area (Å²) in [5.74, 6) is 0.213. The lowest BCUT2D eigenvalue weighted by Gasteiger charge is -2.39. The van der Waals surface area contributed by atoms with Crippen LogP contribution in [0.2, 0.25) is 0 Å². The molecule has 2 aromatic heterocycles. The Hall–Kier alpha value is -6.58. The molecule has 3 heterocycles. The molecule has 0 saturated carbocycles.